The fraction of sp³-hybridized carbons (Fsp3) is 0.385. The predicted octanol–water partition coefficient (Wildman–Crippen LogP) is 1.19. The maximum atomic E-state index is 13.4. The molecule has 7 heteroatoms. The molecule has 108 valence electrons. The fourth-order valence-corrected chi connectivity index (χ4v) is 2.49. The molecule has 0 unspecified atom stereocenters. The number of ether oxygens (including phenoxy) is 1. The van der Waals surface area contributed by atoms with Gasteiger partial charge in [-0.25, -0.2) is 4.39 Å². The topological polar surface area (TPSA) is 72.6 Å². The van der Waals surface area contributed by atoms with E-state index in [0.29, 0.717) is 6.42 Å². The van der Waals surface area contributed by atoms with Gasteiger partial charge >= 0.3 is 0 Å². The van der Waals surface area contributed by atoms with Gasteiger partial charge in [-0.2, -0.15) is 0 Å². The summed E-state index contributed by atoms with van der Waals surface area (Å²) in [6.07, 6.45) is 0.0496. The van der Waals surface area contributed by atoms with Crippen LogP contribution in [0.4, 0.5) is 4.39 Å². The van der Waals surface area contributed by atoms with Gasteiger partial charge in [0.2, 0.25) is 5.91 Å². The van der Waals surface area contributed by atoms with Crippen LogP contribution in [0.25, 0.3) is 0 Å². The second kappa shape index (κ2) is 5.76. The molecule has 2 rings (SSSR count). The summed E-state index contributed by atoms with van der Waals surface area (Å²) in [5.41, 5.74) is 5.30. The molecule has 0 spiro atoms. The zero-order valence-corrected chi connectivity index (χ0v) is 11.6. The Morgan fingerprint density at radius 2 is 2.20 bits per heavy atom. The van der Waals surface area contributed by atoms with Crippen LogP contribution in [0.15, 0.2) is 18.2 Å². The van der Waals surface area contributed by atoms with Crippen LogP contribution in [0.1, 0.15) is 16.8 Å². The van der Waals surface area contributed by atoms with Gasteiger partial charge in [-0.15, -0.1) is 0 Å². The van der Waals surface area contributed by atoms with Gasteiger partial charge in [0.25, 0.3) is 5.91 Å². The van der Waals surface area contributed by atoms with E-state index in [4.69, 9.17) is 22.1 Å². The number of carbonyl (C=O) groups is 2. The molecular weight excluding hydrogens is 287 g/mol. The van der Waals surface area contributed by atoms with Gasteiger partial charge in [-0.3, -0.25) is 9.59 Å². The van der Waals surface area contributed by atoms with Crippen LogP contribution in [-0.2, 0) is 9.53 Å². The predicted molar refractivity (Wildman–Crippen MR) is 70.8 cm³/mol. The number of primary amides is 1. The van der Waals surface area contributed by atoms with E-state index < -0.39 is 23.7 Å². The number of carbonyl (C=O) groups excluding carboxylic acids is 2. The lowest BCUT2D eigenvalue weighted by molar-refractivity contribution is -0.121. The zero-order chi connectivity index (χ0) is 14.9. The molecule has 1 aliphatic rings. The highest BCUT2D eigenvalue weighted by atomic mass is 35.5. The van der Waals surface area contributed by atoms with Crippen LogP contribution >= 0.6 is 11.6 Å². The Morgan fingerprint density at radius 3 is 2.80 bits per heavy atom. The highest BCUT2D eigenvalue weighted by Gasteiger charge is 2.39. The third-order valence-electron chi connectivity index (χ3n) is 3.37. The largest absolute Gasteiger partial charge is 0.380 e. The van der Waals surface area contributed by atoms with Crippen molar-refractivity contribution in [3.05, 3.63) is 34.6 Å². The molecule has 5 nitrogen and oxygen atoms in total. The van der Waals surface area contributed by atoms with Crippen molar-refractivity contribution in [3.8, 4) is 0 Å². The molecule has 0 saturated carbocycles. The van der Waals surface area contributed by atoms with Crippen LogP contribution in [0.2, 0.25) is 5.02 Å². The number of rotatable bonds is 3. The molecule has 0 aromatic heterocycles. The highest BCUT2D eigenvalue weighted by molar-refractivity contribution is 6.34. The third-order valence-corrected chi connectivity index (χ3v) is 3.75. The molecule has 0 radical (unpaired) electrons. The Morgan fingerprint density at radius 1 is 1.50 bits per heavy atom. The Bertz CT molecular complexity index is 552. The van der Waals surface area contributed by atoms with Gasteiger partial charge in [0.15, 0.2) is 0 Å². The van der Waals surface area contributed by atoms with Gasteiger partial charge < -0.3 is 15.4 Å². The first-order valence-corrected chi connectivity index (χ1v) is 6.40. The van der Waals surface area contributed by atoms with Crippen LogP contribution in [0.3, 0.4) is 0 Å². The van der Waals surface area contributed by atoms with Gasteiger partial charge in [0.05, 0.1) is 16.7 Å². The first-order chi connectivity index (χ1) is 9.45. The summed E-state index contributed by atoms with van der Waals surface area (Å²) in [6.45, 7) is 0.218. The second-order valence-electron chi connectivity index (χ2n) is 4.57. The van der Waals surface area contributed by atoms with Crippen molar-refractivity contribution in [2.24, 2.45) is 5.73 Å². The summed E-state index contributed by atoms with van der Waals surface area (Å²) >= 11 is 5.79. The Balaban J connectivity index is 2.31. The lowest BCUT2D eigenvalue weighted by atomic mass is 10.1. The van der Waals surface area contributed by atoms with Gasteiger partial charge in [-0.1, -0.05) is 17.7 Å². The molecule has 1 fully saturated rings. The molecule has 2 N–H and O–H groups in total. The summed E-state index contributed by atoms with van der Waals surface area (Å²) in [6, 6.07) is 3.18. The number of halogens is 2. The van der Waals surface area contributed by atoms with Crippen LogP contribution in [0.5, 0.6) is 0 Å². The number of hydrogen-bond acceptors (Lipinski definition) is 3. The van der Waals surface area contributed by atoms with Crippen molar-refractivity contribution in [2.45, 2.75) is 18.6 Å². The number of nitrogens with two attached hydrogens (primary N) is 1. The molecule has 20 heavy (non-hydrogen) atoms. The number of hydrogen-bond donors (Lipinski definition) is 1. The number of likely N-dealkylation sites (tertiary alicyclic amines) is 1. The first-order valence-electron chi connectivity index (χ1n) is 6.02. The quantitative estimate of drug-likeness (QED) is 0.911. The van der Waals surface area contributed by atoms with E-state index in [-0.39, 0.29) is 23.2 Å². The maximum Gasteiger partial charge on any atom is 0.256 e. The van der Waals surface area contributed by atoms with E-state index >= 15 is 0 Å². The lowest BCUT2D eigenvalue weighted by Gasteiger charge is -2.22. The number of nitrogens with zero attached hydrogens (tertiary/aromatic N) is 1. The molecule has 1 heterocycles. The summed E-state index contributed by atoms with van der Waals surface area (Å²) < 4.78 is 18.6. The van der Waals surface area contributed by atoms with Crippen molar-refractivity contribution in [1.82, 2.24) is 4.90 Å². The van der Waals surface area contributed by atoms with E-state index in [1.165, 1.54) is 24.1 Å². The molecule has 1 saturated heterocycles. The van der Waals surface area contributed by atoms with Crippen molar-refractivity contribution in [3.63, 3.8) is 0 Å². The SMILES string of the molecule is CO[C@H]1C[C@@H](C(N)=O)N(C(=O)c2cccc(F)c2Cl)C1. The van der Waals surface area contributed by atoms with E-state index in [9.17, 15) is 14.0 Å². The monoisotopic (exact) mass is 300 g/mol. The van der Waals surface area contributed by atoms with Gasteiger partial charge in [0, 0.05) is 20.1 Å². The summed E-state index contributed by atoms with van der Waals surface area (Å²) in [5.74, 6) is -1.83. The second-order valence-corrected chi connectivity index (χ2v) is 4.95. The maximum absolute atomic E-state index is 13.4. The molecule has 0 bridgehead atoms. The molecule has 1 aliphatic heterocycles. The lowest BCUT2D eigenvalue weighted by Crippen LogP contribution is -2.43. The van der Waals surface area contributed by atoms with Gasteiger partial charge in [0.1, 0.15) is 11.9 Å². The minimum atomic E-state index is -0.771. The highest BCUT2D eigenvalue weighted by Crippen LogP contribution is 2.26. The smallest absolute Gasteiger partial charge is 0.256 e. The fourth-order valence-electron chi connectivity index (χ4n) is 2.29. The molecule has 1 aromatic rings. The van der Waals surface area contributed by atoms with E-state index in [1.807, 2.05) is 0 Å². The summed E-state index contributed by atoms with van der Waals surface area (Å²) in [4.78, 5) is 25.1. The summed E-state index contributed by atoms with van der Waals surface area (Å²) in [5, 5.41) is -0.262. The van der Waals surface area contributed by atoms with Crippen molar-refractivity contribution in [2.75, 3.05) is 13.7 Å². The van der Waals surface area contributed by atoms with Gasteiger partial charge in [-0.05, 0) is 12.1 Å². The standard InChI is InChI=1S/C13H14ClFN2O3/c1-20-7-5-10(12(16)18)17(6-7)13(19)8-3-2-4-9(15)11(8)14/h2-4,7,10H,5-6H2,1H3,(H2,16,18)/t7-,10-/m0/s1. The van der Waals surface area contributed by atoms with Crippen molar-refractivity contribution >= 4 is 23.4 Å². The normalized spacial score (nSPS) is 22.1. The molecule has 2 amide bonds. The number of methoxy groups -OCH3 is 1. The molecule has 2 atom stereocenters. The van der Waals surface area contributed by atoms with Crippen LogP contribution in [-0.4, -0.2) is 42.5 Å². The van der Waals surface area contributed by atoms with E-state index in [0.717, 1.165) is 6.07 Å². The Kier molecular flexibility index (Phi) is 4.25. The van der Waals surface area contributed by atoms with Crippen LogP contribution in [0, 0.1) is 5.82 Å². The summed E-state index contributed by atoms with van der Waals surface area (Å²) in [7, 11) is 1.49. The first kappa shape index (κ1) is 14.7. The number of amides is 2. The minimum absolute atomic E-state index is 0.00895. The van der Waals surface area contributed by atoms with E-state index in [2.05, 4.69) is 0 Å². The van der Waals surface area contributed by atoms with Crippen molar-refractivity contribution in [1.29, 1.82) is 0 Å². The average molecular weight is 301 g/mol. The van der Waals surface area contributed by atoms with E-state index in [1.54, 1.807) is 0 Å². The Labute approximate surface area is 120 Å². The van der Waals surface area contributed by atoms with Crippen molar-refractivity contribution < 1.29 is 18.7 Å². The van der Waals surface area contributed by atoms with Crippen LogP contribution < -0.4 is 5.73 Å². The minimum Gasteiger partial charge on any atom is -0.380 e. The Hall–Kier alpha value is -1.66. The zero-order valence-electron chi connectivity index (χ0n) is 10.8. The molecule has 1 aromatic carbocycles. The molecular formula is C13H14ClFN2O3. The average Bonchev–Trinajstić information content (AvgIpc) is 2.85. The number of benzene rings is 1. The molecule has 0 aliphatic carbocycles. The third kappa shape index (κ3) is 2.62.